The molecule has 4 rings (SSSR count). The molecule has 2 heterocycles. The Balaban J connectivity index is 1.38. The fourth-order valence-electron chi connectivity index (χ4n) is 4.09. The predicted molar refractivity (Wildman–Crippen MR) is 142 cm³/mol. The summed E-state index contributed by atoms with van der Waals surface area (Å²) < 4.78 is 18.3. The fourth-order valence-corrected chi connectivity index (χ4v) is 4.09. The van der Waals surface area contributed by atoms with Crippen molar-refractivity contribution >= 4 is 22.7 Å². The quantitative estimate of drug-likeness (QED) is 0.160. The third-order valence-corrected chi connectivity index (χ3v) is 5.88. The normalized spacial score (nSPS) is 12.4. The molecule has 8 heteroatoms. The molecule has 0 aliphatic heterocycles. The summed E-state index contributed by atoms with van der Waals surface area (Å²) in [6, 6.07) is 21.7. The highest BCUT2D eigenvalue weighted by Gasteiger charge is 2.19. The highest BCUT2D eigenvalue weighted by Crippen LogP contribution is 2.19. The van der Waals surface area contributed by atoms with E-state index in [0.29, 0.717) is 26.2 Å². The number of rotatable bonds is 12. The molecular weight excluding hydrogens is 470 g/mol. The topological polar surface area (TPSA) is 84.2 Å². The molecule has 1 atom stereocenters. The van der Waals surface area contributed by atoms with E-state index in [1.54, 1.807) is 7.11 Å². The molecule has 0 radical (unpaired) electrons. The van der Waals surface area contributed by atoms with Crippen LogP contribution in [0.25, 0.3) is 11.0 Å². The van der Waals surface area contributed by atoms with Gasteiger partial charge in [0.25, 0.3) is 0 Å². The Kier molecular flexibility index (Phi) is 8.89. The Hall–Kier alpha value is -4.17. The van der Waals surface area contributed by atoms with Crippen molar-refractivity contribution < 1.29 is 23.8 Å². The van der Waals surface area contributed by atoms with Gasteiger partial charge in [0.05, 0.1) is 13.7 Å². The van der Waals surface area contributed by atoms with Crippen LogP contribution in [0.4, 0.5) is 0 Å². The van der Waals surface area contributed by atoms with Crippen molar-refractivity contribution in [3.05, 3.63) is 95.8 Å². The number of ether oxygens (including phenoxy) is 3. The summed E-state index contributed by atoms with van der Waals surface area (Å²) in [5.74, 6) is 0.383. The van der Waals surface area contributed by atoms with Gasteiger partial charge in [-0.25, -0.2) is 9.78 Å². The SMILES string of the molecule is CCOC(Cc1ccc(OCCn2ccc3cc(/C(=N/OC)c4ccccc4)cnc32)cc1)C(=O)OC. The number of fused-ring (bicyclic) bond motifs is 1. The van der Waals surface area contributed by atoms with Gasteiger partial charge in [-0.05, 0) is 36.8 Å². The average molecular weight is 502 g/mol. The van der Waals surface area contributed by atoms with Crippen LogP contribution in [0.5, 0.6) is 5.75 Å². The number of methoxy groups -OCH3 is 1. The molecule has 2 aromatic heterocycles. The number of benzene rings is 2. The first-order valence-electron chi connectivity index (χ1n) is 12.2. The van der Waals surface area contributed by atoms with E-state index in [2.05, 4.69) is 15.8 Å². The molecule has 8 nitrogen and oxygen atoms in total. The Morgan fingerprint density at radius 1 is 1.03 bits per heavy atom. The largest absolute Gasteiger partial charge is 0.492 e. The molecule has 0 fully saturated rings. The predicted octanol–water partition coefficient (Wildman–Crippen LogP) is 4.63. The zero-order valence-electron chi connectivity index (χ0n) is 21.3. The van der Waals surface area contributed by atoms with Gasteiger partial charge in [0.15, 0.2) is 6.10 Å². The van der Waals surface area contributed by atoms with Crippen LogP contribution in [0, 0.1) is 0 Å². The van der Waals surface area contributed by atoms with Crippen molar-refractivity contribution in [2.24, 2.45) is 5.16 Å². The summed E-state index contributed by atoms with van der Waals surface area (Å²) in [6.07, 6.45) is 3.66. The Morgan fingerprint density at radius 3 is 2.51 bits per heavy atom. The Morgan fingerprint density at radius 2 is 1.81 bits per heavy atom. The first-order valence-corrected chi connectivity index (χ1v) is 12.2. The van der Waals surface area contributed by atoms with Crippen molar-refractivity contribution in [2.75, 3.05) is 27.4 Å². The van der Waals surface area contributed by atoms with E-state index in [0.717, 1.165) is 39.2 Å². The summed E-state index contributed by atoms with van der Waals surface area (Å²) >= 11 is 0. The first kappa shape index (κ1) is 25.9. The second kappa shape index (κ2) is 12.7. The lowest BCUT2D eigenvalue weighted by Gasteiger charge is -2.15. The van der Waals surface area contributed by atoms with Gasteiger partial charge in [0.1, 0.15) is 30.8 Å². The van der Waals surface area contributed by atoms with Gasteiger partial charge >= 0.3 is 5.97 Å². The summed E-state index contributed by atoms with van der Waals surface area (Å²) in [6.45, 7) is 3.42. The minimum atomic E-state index is -0.610. The van der Waals surface area contributed by atoms with E-state index < -0.39 is 6.10 Å². The van der Waals surface area contributed by atoms with Crippen LogP contribution in [0.2, 0.25) is 0 Å². The summed E-state index contributed by atoms with van der Waals surface area (Å²) in [5, 5.41) is 5.24. The molecule has 4 aromatic rings. The fraction of sp³-hybridized carbons (Fsp3) is 0.276. The Bertz CT molecular complexity index is 1330. The molecule has 37 heavy (non-hydrogen) atoms. The van der Waals surface area contributed by atoms with Crippen LogP contribution in [0.3, 0.4) is 0 Å². The monoisotopic (exact) mass is 501 g/mol. The minimum Gasteiger partial charge on any atom is -0.492 e. The van der Waals surface area contributed by atoms with Gasteiger partial charge in [-0.3, -0.25) is 0 Å². The van der Waals surface area contributed by atoms with E-state index in [-0.39, 0.29) is 5.97 Å². The maximum absolute atomic E-state index is 11.9. The van der Waals surface area contributed by atoms with E-state index in [1.807, 2.05) is 80.0 Å². The standard InChI is InChI=1S/C29H31N3O5/c1-4-36-26(29(33)34-2)18-21-10-12-25(13-11-21)37-17-16-32-15-14-23-19-24(20-30-28(23)32)27(31-35-3)22-8-6-5-7-9-22/h5-15,19-20,26H,4,16-18H2,1-3H3/b31-27+. The van der Waals surface area contributed by atoms with Gasteiger partial charge in [0.2, 0.25) is 0 Å². The number of oxime groups is 1. The maximum Gasteiger partial charge on any atom is 0.335 e. The first-order chi connectivity index (χ1) is 18.1. The van der Waals surface area contributed by atoms with Crippen molar-refractivity contribution in [3.8, 4) is 5.75 Å². The molecule has 0 saturated heterocycles. The van der Waals surface area contributed by atoms with E-state index in [4.69, 9.17) is 24.0 Å². The van der Waals surface area contributed by atoms with E-state index in [1.165, 1.54) is 7.11 Å². The zero-order chi connectivity index (χ0) is 26.0. The molecule has 0 aliphatic rings. The van der Waals surface area contributed by atoms with Crippen LogP contribution < -0.4 is 4.74 Å². The number of hydrogen-bond acceptors (Lipinski definition) is 7. The highest BCUT2D eigenvalue weighted by atomic mass is 16.6. The third kappa shape index (κ3) is 6.54. The molecular formula is C29H31N3O5. The molecule has 0 aliphatic carbocycles. The van der Waals surface area contributed by atoms with Crippen LogP contribution in [-0.2, 0) is 32.1 Å². The lowest BCUT2D eigenvalue weighted by Crippen LogP contribution is -2.28. The third-order valence-electron chi connectivity index (χ3n) is 5.88. The summed E-state index contributed by atoms with van der Waals surface area (Å²) in [4.78, 5) is 21.7. The van der Waals surface area contributed by atoms with Gasteiger partial charge in [-0.2, -0.15) is 0 Å². The molecule has 0 saturated carbocycles. The number of carbonyl (C=O) groups is 1. The molecule has 2 aromatic carbocycles. The summed E-state index contributed by atoms with van der Waals surface area (Å²) in [7, 11) is 2.91. The molecule has 1 unspecified atom stereocenters. The van der Waals surface area contributed by atoms with Crippen molar-refractivity contribution in [1.29, 1.82) is 0 Å². The zero-order valence-corrected chi connectivity index (χ0v) is 21.3. The number of hydrogen-bond donors (Lipinski definition) is 0. The molecule has 0 spiro atoms. The maximum atomic E-state index is 11.9. The van der Waals surface area contributed by atoms with Gasteiger partial charge in [-0.1, -0.05) is 47.6 Å². The van der Waals surface area contributed by atoms with Crippen LogP contribution >= 0.6 is 0 Å². The number of carbonyl (C=O) groups excluding carboxylic acids is 1. The van der Waals surface area contributed by atoms with E-state index >= 15 is 0 Å². The minimum absolute atomic E-state index is 0.371. The molecule has 0 amide bonds. The molecule has 0 bridgehead atoms. The number of nitrogens with zero attached hydrogens (tertiary/aromatic N) is 3. The van der Waals surface area contributed by atoms with Gasteiger partial charge < -0.3 is 23.6 Å². The van der Waals surface area contributed by atoms with Gasteiger partial charge in [0, 0.05) is 41.9 Å². The number of aromatic nitrogens is 2. The highest BCUT2D eigenvalue weighted by molar-refractivity contribution is 6.13. The van der Waals surface area contributed by atoms with E-state index in [9.17, 15) is 4.79 Å². The smallest absolute Gasteiger partial charge is 0.335 e. The van der Waals surface area contributed by atoms with Crippen molar-refractivity contribution in [2.45, 2.75) is 26.0 Å². The van der Waals surface area contributed by atoms with Crippen LogP contribution in [-0.4, -0.2) is 54.8 Å². The lowest BCUT2D eigenvalue weighted by atomic mass is 10.0. The second-order valence-electron chi connectivity index (χ2n) is 8.30. The molecule has 192 valence electrons. The number of pyridine rings is 1. The van der Waals surface area contributed by atoms with Gasteiger partial charge in [-0.15, -0.1) is 0 Å². The van der Waals surface area contributed by atoms with Crippen LogP contribution in [0.1, 0.15) is 23.6 Å². The van der Waals surface area contributed by atoms with Crippen LogP contribution in [0.15, 0.2) is 84.3 Å². The summed E-state index contributed by atoms with van der Waals surface area (Å²) in [5.41, 5.74) is 4.42. The number of esters is 1. The average Bonchev–Trinajstić information content (AvgIpc) is 3.34. The lowest BCUT2D eigenvalue weighted by molar-refractivity contribution is -0.153. The molecule has 0 N–H and O–H groups in total. The Labute approximate surface area is 216 Å². The second-order valence-corrected chi connectivity index (χ2v) is 8.30. The van der Waals surface area contributed by atoms with Crippen molar-refractivity contribution in [3.63, 3.8) is 0 Å². The van der Waals surface area contributed by atoms with Crippen molar-refractivity contribution in [1.82, 2.24) is 9.55 Å².